The molecule has 2 aromatic rings. The zero-order valence-corrected chi connectivity index (χ0v) is 18.5. The van der Waals surface area contributed by atoms with Crippen LogP contribution in [0.15, 0.2) is 53.3 Å². The Balaban J connectivity index is 1.54. The van der Waals surface area contributed by atoms with Gasteiger partial charge in [-0.1, -0.05) is 24.0 Å². The zero-order valence-electron chi connectivity index (χ0n) is 17.0. The number of aryl methyl sites for hydroxylation is 1. The lowest BCUT2D eigenvalue weighted by molar-refractivity contribution is 0.419. The van der Waals surface area contributed by atoms with Crippen LogP contribution >= 0.6 is 22.9 Å². The number of alkyl halides is 1. The second kappa shape index (κ2) is 10.8. The fraction of sp³-hybridized carbons (Fsp3) is 0.391. The van der Waals surface area contributed by atoms with Crippen LogP contribution in [0.3, 0.4) is 0 Å². The number of thiophene rings is 1. The Labute approximate surface area is 185 Å². The van der Waals surface area contributed by atoms with E-state index >= 15 is 0 Å². The van der Waals surface area contributed by atoms with Gasteiger partial charge in [0.2, 0.25) is 0 Å². The number of allylic oxidation sites excluding steroid dienone is 1. The van der Waals surface area contributed by atoms with E-state index in [0.717, 1.165) is 48.7 Å². The molecule has 3 rings (SSSR count). The van der Waals surface area contributed by atoms with Crippen LogP contribution in [-0.2, 0) is 6.42 Å². The molecule has 0 spiro atoms. The average molecular weight is 450 g/mol. The molecule has 1 aromatic carbocycles. The minimum Gasteiger partial charge on any atom is -0.259 e. The third-order valence-electron chi connectivity index (χ3n) is 5.42. The van der Waals surface area contributed by atoms with Crippen LogP contribution in [0.25, 0.3) is 11.8 Å². The molecule has 1 N–H and O–H groups in total. The predicted octanol–water partition coefficient (Wildman–Crippen LogP) is 7.25. The lowest BCUT2D eigenvalue weighted by Crippen LogP contribution is -2.14. The van der Waals surface area contributed by atoms with Gasteiger partial charge in [-0.3, -0.25) is 5.43 Å². The van der Waals surface area contributed by atoms with E-state index in [9.17, 15) is 8.78 Å². The Morgan fingerprint density at radius 1 is 1.27 bits per heavy atom. The topological polar surface area (TPSA) is 36.8 Å². The van der Waals surface area contributed by atoms with Crippen LogP contribution in [0.4, 0.5) is 8.78 Å². The number of hydrogen-bond acceptors (Lipinski definition) is 3. The molecular weight excluding hydrogens is 424 g/mol. The van der Waals surface area contributed by atoms with Gasteiger partial charge in [0.25, 0.3) is 0 Å². The van der Waals surface area contributed by atoms with Crippen LogP contribution in [0.5, 0.6) is 0 Å². The van der Waals surface area contributed by atoms with Gasteiger partial charge in [0.05, 0.1) is 17.6 Å². The zero-order chi connectivity index (χ0) is 21.5. The Hall–Kier alpha value is -2.05. The van der Waals surface area contributed by atoms with Crippen LogP contribution in [0.2, 0.25) is 0 Å². The van der Waals surface area contributed by atoms with Gasteiger partial charge in [-0.2, -0.15) is 5.11 Å². The van der Waals surface area contributed by atoms with E-state index in [1.165, 1.54) is 17.0 Å². The Morgan fingerprint density at radius 2 is 2.03 bits per heavy atom. The number of hydrogen-bond donors (Lipinski definition) is 1. The second-order valence-corrected chi connectivity index (χ2v) is 9.26. The third-order valence-corrected chi connectivity index (χ3v) is 7.16. The lowest BCUT2D eigenvalue weighted by Gasteiger charge is -2.19. The van der Waals surface area contributed by atoms with Crippen molar-refractivity contribution in [3.8, 4) is 0 Å². The molecule has 3 nitrogen and oxygen atoms in total. The normalized spacial score (nSPS) is 21.7. The first kappa shape index (κ1) is 22.6. The molecule has 0 aliphatic heterocycles. The summed E-state index contributed by atoms with van der Waals surface area (Å²) in [4.78, 5) is 2.35. The Kier molecular flexibility index (Phi) is 8.16. The number of halogens is 3. The summed E-state index contributed by atoms with van der Waals surface area (Å²) in [5.41, 5.74) is 4.10. The molecular formula is C23H26ClF2N3S. The van der Waals surface area contributed by atoms with Crippen LogP contribution in [0, 0.1) is 23.5 Å². The molecule has 7 heteroatoms. The molecule has 3 atom stereocenters. The Morgan fingerprint density at radius 3 is 2.77 bits per heavy atom. The van der Waals surface area contributed by atoms with Crippen molar-refractivity contribution < 1.29 is 8.78 Å². The second-order valence-electron chi connectivity index (χ2n) is 7.53. The number of nitrogens with one attached hydrogen (secondary N) is 1. The van der Waals surface area contributed by atoms with E-state index in [1.54, 1.807) is 18.4 Å². The van der Waals surface area contributed by atoms with Gasteiger partial charge in [-0.05, 0) is 73.8 Å². The van der Waals surface area contributed by atoms with Gasteiger partial charge in [-0.15, -0.1) is 22.9 Å². The highest BCUT2D eigenvalue weighted by molar-refractivity contribution is 7.13. The van der Waals surface area contributed by atoms with E-state index in [-0.39, 0.29) is 5.38 Å². The van der Waals surface area contributed by atoms with Gasteiger partial charge in [0.1, 0.15) is 11.6 Å². The summed E-state index contributed by atoms with van der Waals surface area (Å²) in [6.07, 6.45) is 8.92. The van der Waals surface area contributed by atoms with Crippen LogP contribution in [0.1, 0.15) is 41.0 Å². The molecule has 1 saturated carbocycles. The van der Waals surface area contributed by atoms with Gasteiger partial charge in [0.15, 0.2) is 0 Å². The van der Waals surface area contributed by atoms with E-state index in [0.29, 0.717) is 17.4 Å². The van der Waals surface area contributed by atoms with Gasteiger partial charge < -0.3 is 0 Å². The largest absolute Gasteiger partial charge is 0.259 e. The molecule has 0 radical (unpaired) electrons. The van der Waals surface area contributed by atoms with Gasteiger partial charge in [-0.25, -0.2) is 8.78 Å². The van der Waals surface area contributed by atoms with E-state index in [4.69, 9.17) is 11.6 Å². The minimum atomic E-state index is -0.557. The summed E-state index contributed by atoms with van der Waals surface area (Å²) in [6.45, 7) is 3.97. The highest BCUT2D eigenvalue weighted by atomic mass is 35.5. The summed E-state index contributed by atoms with van der Waals surface area (Å²) >= 11 is 8.29. The van der Waals surface area contributed by atoms with Crippen molar-refractivity contribution in [1.82, 2.24) is 5.43 Å². The number of rotatable bonds is 9. The maximum atomic E-state index is 13.4. The molecule has 0 saturated heterocycles. The van der Waals surface area contributed by atoms with Crippen molar-refractivity contribution in [2.45, 2.75) is 37.5 Å². The molecule has 30 heavy (non-hydrogen) atoms. The predicted molar refractivity (Wildman–Crippen MR) is 121 cm³/mol. The molecule has 1 unspecified atom stereocenters. The van der Waals surface area contributed by atoms with Gasteiger partial charge in [0, 0.05) is 16.3 Å². The minimum absolute atomic E-state index is 0.145. The maximum Gasteiger partial charge on any atom is 0.126 e. The first-order valence-electron chi connectivity index (χ1n) is 10.1. The highest BCUT2D eigenvalue weighted by Crippen LogP contribution is 2.40. The van der Waals surface area contributed by atoms with Crippen molar-refractivity contribution in [1.29, 1.82) is 0 Å². The molecule has 160 valence electrons. The maximum absolute atomic E-state index is 13.4. The quantitative estimate of drug-likeness (QED) is 0.244. The molecule has 0 amide bonds. The SMILES string of the molecule is C=C(NN=NC)c1ccc(CCC[C@H]2C(Cl)CC[C@@H]2/C=C\c2cc(F)cc(F)c2)s1. The summed E-state index contributed by atoms with van der Waals surface area (Å²) in [5.74, 6) is -0.402. The lowest BCUT2D eigenvalue weighted by atomic mass is 9.90. The van der Waals surface area contributed by atoms with E-state index in [1.807, 2.05) is 12.1 Å². The van der Waals surface area contributed by atoms with Crippen molar-refractivity contribution in [2.24, 2.45) is 22.2 Å². The fourth-order valence-corrected chi connectivity index (χ4v) is 5.35. The summed E-state index contributed by atoms with van der Waals surface area (Å²) in [5, 5.41) is 7.56. The van der Waals surface area contributed by atoms with E-state index < -0.39 is 11.6 Å². The van der Waals surface area contributed by atoms with Crippen molar-refractivity contribution in [2.75, 3.05) is 7.05 Å². The Bertz CT molecular complexity index is 905. The summed E-state index contributed by atoms with van der Waals surface area (Å²) < 4.78 is 26.8. The first-order chi connectivity index (χ1) is 14.5. The third kappa shape index (κ3) is 6.22. The molecule has 1 heterocycles. The van der Waals surface area contributed by atoms with Crippen molar-refractivity contribution in [3.63, 3.8) is 0 Å². The number of nitrogens with zero attached hydrogens (tertiary/aromatic N) is 2. The molecule has 1 aliphatic carbocycles. The van der Waals surface area contributed by atoms with Crippen molar-refractivity contribution >= 4 is 34.7 Å². The number of benzene rings is 1. The van der Waals surface area contributed by atoms with Crippen LogP contribution < -0.4 is 5.43 Å². The molecule has 1 fully saturated rings. The molecule has 1 aliphatic rings. The summed E-state index contributed by atoms with van der Waals surface area (Å²) in [6, 6.07) is 7.75. The molecule has 1 aromatic heterocycles. The standard InChI is InChI=1S/C23H26ClF2N3S/c1-15(28-29-27-2)23-11-9-20(30-23)4-3-5-21-17(8-10-22(21)24)7-6-16-12-18(25)14-19(26)13-16/h6-7,9,11-14,17,21-22H,1,3-5,8,10H2,2H3,(H,27,28)/b7-6-/t17-,21+,22?/m0/s1. The van der Waals surface area contributed by atoms with Gasteiger partial charge >= 0.3 is 0 Å². The summed E-state index contributed by atoms with van der Waals surface area (Å²) in [7, 11) is 1.60. The monoisotopic (exact) mass is 449 g/mol. The smallest absolute Gasteiger partial charge is 0.126 e. The average Bonchev–Trinajstić information content (AvgIpc) is 3.31. The fourth-order valence-electron chi connectivity index (χ4n) is 3.94. The van der Waals surface area contributed by atoms with Crippen molar-refractivity contribution in [3.05, 3.63) is 69.9 Å². The molecule has 0 bridgehead atoms. The first-order valence-corrected chi connectivity index (χ1v) is 11.3. The van der Waals surface area contributed by atoms with Crippen LogP contribution in [-0.4, -0.2) is 12.4 Å². The van der Waals surface area contributed by atoms with E-state index in [2.05, 4.69) is 34.5 Å². The highest BCUT2D eigenvalue weighted by Gasteiger charge is 2.32.